The molecule has 0 aromatic carbocycles. The minimum absolute atomic E-state index is 0.256. The molecule has 0 saturated carbocycles. The van der Waals surface area contributed by atoms with E-state index in [1.54, 1.807) is 34.6 Å². The van der Waals surface area contributed by atoms with Crippen molar-refractivity contribution in [1.82, 2.24) is 5.32 Å². The molecule has 2 N–H and O–H groups in total. The largest absolute Gasteiger partial charge is 0.479 e. The molecule has 7 heteroatoms. The lowest BCUT2D eigenvalue weighted by atomic mass is 10.1. The van der Waals surface area contributed by atoms with Crippen LogP contribution in [0.1, 0.15) is 34.6 Å². The van der Waals surface area contributed by atoms with Crippen molar-refractivity contribution >= 4 is 18.0 Å². The smallest absolute Gasteiger partial charge is 0.408 e. The quantitative estimate of drug-likeness (QED) is 0.730. The third-order valence-electron chi connectivity index (χ3n) is 1.93. The topological polar surface area (TPSA) is 102 Å². The predicted octanol–water partition coefficient (Wildman–Crippen LogP) is 1.16. The molecule has 0 spiro atoms. The molecular formula is C12H21NO6. The zero-order valence-electron chi connectivity index (χ0n) is 11.9. The number of hydrogen-bond acceptors (Lipinski definition) is 5. The lowest BCUT2D eigenvalue weighted by Crippen LogP contribution is -2.47. The molecular weight excluding hydrogens is 254 g/mol. The Labute approximate surface area is 112 Å². The fourth-order valence-corrected chi connectivity index (χ4v) is 1.15. The van der Waals surface area contributed by atoms with Gasteiger partial charge in [-0.25, -0.2) is 14.4 Å². The summed E-state index contributed by atoms with van der Waals surface area (Å²) < 4.78 is 9.57. The lowest BCUT2D eigenvalue weighted by Gasteiger charge is -2.24. The first-order valence-electron chi connectivity index (χ1n) is 5.91. The van der Waals surface area contributed by atoms with E-state index in [0.29, 0.717) is 0 Å². The molecule has 7 nitrogen and oxygen atoms in total. The van der Waals surface area contributed by atoms with Crippen molar-refractivity contribution in [2.45, 2.75) is 46.3 Å². The Morgan fingerprint density at radius 2 is 1.74 bits per heavy atom. The molecule has 0 rings (SSSR count). The zero-order chi connectivity index (χ0) is 15.2. The maximum atomic E-state index is 11.6. The molecule has 0 saturated heterocycles. The lowest BCUT2D eigenvalue weighted by molar-refractivity contribution is -0.157. The summed E-state index contributed by atoms with van der Waals surface area (Å²) in [5, 5.41) is 10.8. The molecule has 0 heterocycles. The van der Waals surface area contributed by atoms with Crippen LogP contribution in [0, 0.1) is 5.92 Å². The molecule has 1 atom stereocenters. The van der Waals surface area contributed by atoms with Gasteiger partial charge >= 0.3 is 18.0 Å². The molecule has 110 valence electrons. The molecule has 0 aliphatic heterocycles. The third kappa shape index (κ3) is 8.01. The van der Waals surface area contributed by atoms with Gasteiger partial charge in [0.25, 0.3) is 0 Å². The Morgan fingerprint density at radius 3 is 2.11 bits per heavy atom. The Balaban J connectivity index is 4.53. The minimum Gasteiger partial charge on any atom is -0.479 e. The van der Waals surface area contributed by atoms with E-state index in [1.807, 2.05) is 0 Å². The van der Waals surface area contributed by atoms with Crippen molar-refractivity contribution in [2.24, 2.45) is 5.92 Å². The Hall–Kier alpha value is -1.79. The van der Waals surface area contributed by atoms with E-state index in [1.165, 1.54) is 0 Å². The molecule has 0 radical (unpaired) electrons. The molecule has 0 aromatic heterocycles. The van der Waals surface area contributed by atoms with Crippen molar-refractivity contribution in [2.75, 3.05) is 6.61 Å². The summed E-state index contributed by atoms with van der Waals surface area (Å²) in [5.41, 5.74) is -0.684. The summed E-state index contributed by atoms with van der Waals surface area (Å²) in [6.07, 6.45) is -0.751. The van der Waals surface area contributed by atoms with Gasteiger partial charge in [0.1, 0.15) is 11.6 Å². The van der Waals surface area contributed by atoms with E-state index in [4.69, 9.17) is 9.84 Å². The second-order valence-corrected chi connectivity index (χ2v) is 5.37. The number of carboxylic acid groups (broad SMARTS) is 1. The molecule has 1 amide bonds. The third-order valence-corrected chi connectivity index (χ3v) is 1.93. The molecule has 0 bridgehead atoms. The monoisotopic (exact) mass is 275 g/mol. The van der Waals surface area contributed by atoms with E-state index >= 15 is 0 Å². The van der Waals surface area contributed by atoms with E-state index in [-0.39, 0.29) is 5.92 Å². The van der Waals surface area contributed by atoms with Gasteiger partial charge in [-0.15, -0.1) is 0 Å². The average Bonchev–Trinajstić information content (AvgIpc) is 2.19. The average molecular weight is 275 g/mol. The molecule has 0 aromatic rings. The highest BCUT2D eigenvalue weighted by molar-refractivity contribution is 5.83. The van der Waals surface area contributed by atoms with Gasteiger partial charge in [0.15, 0.2) is 6.61 Å². The van der Waals surface area contributed by atoms with Gasteiger partial charge in [-0.1, -0.05) is 13.8 Å². The summed E-state index contributed by atoms with van der Waals surface area (Å²) in [5.74, 6) is -2.31. The molecule has 0 fully saturated rings. The highest BCUT2D eigenvalue weighted by atomic mass is 16.6. The summed E-state index contributed by atoms with van der Waals surface area (Å²) in [7, 11) is 0. The molecule has 1 unspecified atom stereocenters. The summed E-state index contributed by atoms with van der Waals surface area (Å²) >= 11 is 0. The van der Waals surface area contributed by atoms with Gasteiger partial charge in [-0.3, -0.25) is 0 Å². The standard InChI is InChI=1S/C12H21NO6/c1-7(2)9(10(16)18-6-8(14)15)13-11(17)19-12(3,4)5/h7,9H,6H2,1-5H3,(H,13,17)(H,14,15). The Bertz CT molecular complexity index is 345. The fraction of sp³-hybridized carbons (Fsp3) is 0.750. The summed E-state index contributed by atoms with van der Waals surface area (Å²) in [6, 6.07) is -0.950. The SMILES string of the molecule is CC(C)C(NC(=O)OC(C)(C)C)C(=O)OCC(=O)O. The number of rotatable bonds is 5. The second kappa shape index (κ2) is 6.96. The molecule has 19 heavy (non-hydrogen) atoms. The predicted molar refractivity (Wildman–Crippen MR) is 66.6 cm³/mol. The van der Waals surface area contributed by atoms with Gasteiger partial charge in [0.2, 0.25) is 0 Å². The second-order valence-electron chi connectivity index (χ2n) is 5.37. The number of hydrogen-bond donors (Lipinski definition) is 2. The van der Waals surface area contributed by atoms with Crippen molar-refractivity contribution < 1.29 is 29.0 Å². The van der Waals surface area contributed by atoms with E-state index in [2.05, 4.69) is 10.1 Å². The van der Waals surface area contributed by atoms with Crippen LogP contribution in [0.2, 0.25) is 0 Å². The number of aliphatic carboxylic acids is 1. The first kappa shape index (κ1) is 17.2. The van der Waals surface area contributed by atoms with E-state index in [0.717, 1.165) is 0 Å². The van der Waals surface area contributed by atoms with Crippen LogP contribution in [-0.4, -0.2) is 41.4 Å². The number of alkyl carbamates (subject to hydrolysis) is 1. The highest BCUT2D eigenvalue weighted by Gasteiger charge is 2.28. The first-order valence-corrected chi connectivity index (χ1v) is 5.91. The summed E-state index contributed by atoms with van der Waals surface area (Å²) in [4.78, 5) is 33.5. The fourth-order valence-electron chi connectivity index (χ4n) is 1.15. The zero-order valence-corrected chi connectivity index (χ0v) is 11.9. The van der Waals surface area contributed by atoms with Crippen LogP contribution < -0.4 is 5.32 Å². The van der Waals surface area contributed by atoms with Gasteiger partial charge in [-0.2, -0.15) is 0 Å². The van der Waals surface area contributed by atoms with E-state index < -0.39 is 36.3 Å². The van der Waals surface area contributed by atoms with Crippen LogP contribution in [-0.2, 0) is 19.1 Å². The van der Waals surface area contributed by atoms with Crippen LogP contribution in [0.5, 0.6) is 0 Å². The van der Waals surface area contributed by atoms with Crippen LogP contribution in [0.25, 0.3) is 0 Å². The first-order chi connectivity index (χ1) is 8.53. The number of ether oxygens (including phenoxy) is 2. The van der Waals surface area contributed by atoms with Crippen molar-refractivity contribution in [3.63, 3.8) is 0 Å². The maximum Gasteiger partial charge on any atom is 0.408 e. The van der Waals surface area contributed by atoms with Crippen LogP contribution in [0.15, 0.2) is 0 Å². The number of carbonyl (C=O) groups is 3. The Kier molecular flexibility index (Phi) is 6.31. The van der Waals surface area contributed by atoms with Gasteiger partial charge in [0.05, 0.1) is 0 Å². The minimum atomic E-state index is -1.26. The number of carbonyl (C=O) groups excluding carboxylic acids is 2. The van der Waals surface area contributed by atoms with Crippen molar-refractivity contribution in [1.29, 1.82) is 0 Å². The van der Waals surface area contributed by atoms with Crippen molar-refractivity contribution in [3.8, 4) is 0 Å². The molecule has 0 aliphatic carbocycles. The van der Waals surface area contributed by atoms with Crippen LogP contribution >= 0.6 is 0 Å². The van der Waals surface area contributed by atoms with Crippen LogP contribution in [0.4, 0.5) is 4.79 Å². The van der Waals surface area contributed by atoms with Crippen molar-refractivity contribution in [3.05, 3.63) is 0 Å². The van der Waals surface area contributed by atoms with Crippen LogP contribution in [0.3, 0.4) is 0 Å². The number of esters is 1. The number of carboxylic acids is 1. The summed E-state index contributed by atoms with van der Waals surface area (Å²) in [6.45, 7) is 7.74. The van der Waals surface area contributed by atoms with Gasteiger partial charge in [0, 0.05) is 0 Å². The molecule has 0 aliphatic rings. The normalized spacial score (nSPS) is 12.7. The number of nitrogens with one attached hydrogen (secondary N) is 1. The van der Waals surface area contributed by atoms with Gasteiger partial charge < -0.3 is 19.9 Å². The highest BCUT2D eigenvalue weighted by Crippen LogP contribution is 2.09. The maximum absolute atomic E-state index is 11.6. The Morgan fingerprint density at radius 1 is 1.21 bits per heavy atom. The number of amides is 1. The van der Waals surface area contributed by atoms with E-state index in [9.17, 15) is 14.4 Å². The van der Waals surface area contributed by atoms with Gasteiger partial charge in [-0.05, 0) is 26.7 Å².